The Morgan fingerprint density at radius 2 is 2.00 bits per heavy atom. The maximum atomic E-state index is 5.86. The molecule has 0 saturated carbocycles. The van der Waals surface area contributed by atoms with Crippen LogP contribution in [0.15, 0.2) is 36.5 Å². The number of unbranched alkanes of at least 4 members (excludes halogenated alkanes) is 3. The summed E-state index contributed by atoms with van der Waals surface area (Å²) in [6.45, 7) is 4.74. The Balaban J connectivity index is 1.17. The Bertz CT molecular complexity index is 761. The minimum atomic E-state index is 0.0418. The molecule has 0 radical (unpaired) electrons. The van der Waals surface area contributed by atoms with Crippen molar-refractivity contribution in [1.29, 1.82) is 0 Å². The summed E-state index contributed by atoms with van der Waals surface area (Å²) in [6.07, 6.45) is 11.3. The third kappa shape index (κ3) is 4.09. The molecule has 4 rings (SSSR count). The molecule has 1 aromatic carbocycles. The molecule has 3 heteroatoms. The first-order chi connectivity index (χ1) is 13.3. The van der Waals surface area contributed by atoms with E-state index in [-0.39, 0.29) is 5.60 Å². The van der Waals surface area contributed by atoms with Gasteiger partial charge in [-0.3, -0.25) is 4.98 Å². The molecule has 1 fully saturated rings. The van der Waals surface area contributed by atoms with Crippen molar-refractivity contribution < 1.29 is 9.47 Å². The van der Waals surface area contributed by atoms with Crippen molar-refractivity contribution in [2.75, 3.05) is 19.8 Å². The van der Waals surface area contributed by atoms with E-state index in [2.05, 4.69) is 36.2 Å². The number of nitrogens with zero attached hydrogens (tertiary/aromatic N) is 1. The second-order valence-electron chi connectivity index (χ2n) is 7.98. The van der Waals surface area contributed by atoms with Gasteiger partial charge in [0.2, 0.25) is 0 Å². The largest absolute Gasteiger partial charge is 0.378 e. The fourth-order valence-electron chi connectivity index (χ4n) is 4.33. The molecule has 1 aromatic heterocycles. The van der Waals surface area contributed by atoms with Crippen molar-refractivity contribution in [3.63, 3.8) is 0 Å². The summed E-state index contributed by atoms with van der Waals surface area (Å²) < 4.78 is 11.6. The third-order valence-corrected chi connectivity index (χ3v) is 6.25. The Kier molecular flexibility index (Phi) is 5.89. The fourth-order valence-corrected chi connectivity index (χ4v) is 4.33. The van der Waals surface area contributed by atoms with Crippen LogP contribution in [0.25, 0.3) is 11.3 Å². The van der Waals surface area contributed by atoms with E-state index in [9.17, 15) is 0 Å². The van der Waals surface area contributed by atoms with Crippen molar-refractivity contribution in [1.82, 2.24) is 4.98 Å². The van der Waals surface area contributed by atoms with Crippen LogP contribution in [-0.4, -0.2) is 30.4 Å². The lowest BCUT2D eigenvalue weighted by molar-refractivity contribution is -0.182. The van der Waals surface area contributed by atoms with Gasteiger partial charge in [-0.15, -0.1) is 0 Å². The molecule has 0 amide bonds. The molecule has 2 heterocycles. The van der Waals surface area contributed by atoms with E-state index in [1.54, 1.807) is 0 Å². The molecule has 1 atom stereocenters. The molecule has 1 saturated heterocycles. The zero-order valence-corrected chi connectivity index (χ0v) is 16.5. The van der Waals surface area contributed by atoms with Gasteiger partial charge in [-0.25, -0.2) is 0 Å². The van der Waals surface area contributed by atoms with Gasteiger partial charge in [0.25, 0.3) is 0 Å². The third-order valence-electron chi connectivity index (χ3n) is 6.25. The van der Waals surface area contributed by atoms with E-state index in [0.29, 0.717) is 0 Å². The molecule has 0 N–H and O–H groups in total. The summed E-state index contributed by atoms with van der Waals surface area (Å²) in [6, 6.07) is 11.0. The molecular weight excluding hydrogens is 334 g/mol. The van der Waals surface area contributed by atoms with Gasteiger partial charge in [0.15, 0.2) is 0 Å². The fraction of sp³-hybridized carbons (Fsp3) is 0.542. The van der Waals surface area contributed by atoms with Crippen LogP contribution in [0.5, 0.6) is 0 Å². The zero-order chi connectivity index (χ0) is 18.5. The van der Waals surface area contributed by atoms with Crippen molar-refractivity contribution in [2.24, 2.45) is 0 Å². The molecule has 0 bridgehead atoms. The molecule has 3 nitrogen and oxygen atoms in total. The standard InChI is InChI=1S/C24H31NO2/c1-2-24(13-16-27-24)18-26-15-6-4-3-5-9-19-10-7-12-21-22(19)17-20-11-8-14-25-23(20)21/h7-8,10-12,14H,2-6,9,13,15-18H2,1H3. The molecule has 2 aliphatic rings. The average Bonchev–Trinajstić information content (AvgIpc) is 3.05. The number of rotatable bonds is 10. The van der Waals surface area contributed by atoms with Gasteiger partial charge < -0.3 is 9.47 Å². The Labute approximate surface area is 163 Å². The molecule has 1 aliphatic heterocycles. The number of hydrogen-bond acceptors (Lipinski definition) is 3. The van der Waals surface area contributed by atoms with Crippen molar-refractivity contribution in [2.45, 2.75) is 63.9 Å². The van der Waals surface area contributed by atoms with E-state index in [0.717, 1.165) is 45.5 Å². The Morgan fingerprint density at radius 1 is 1.11 bits per heavy atom. The van der Waals surface area contributed by atoms with Crippen LogP contribution in [0, 0.1) is 0 Å². The van der Waals surface area contributed by atoms with Crippen molar-refractivity contribution in [3.05, 3.63) is 53.2 Å². The second kappa shape index (κ2) is 8.53. The number of ether oxygens (including phenoxy) is 2. The molecule has 27 heavy (non-hydrogen) atoms. The number of fused-ring (bicyclic) bond motifs is 3. The normalized spacial score (nSPS) is 20.2. The lowest BCUT2D eigenvalue weighted by atomic mass is 9.93. The van der Waals surface area contributed by atoms with E-state index < -0.39 is 0 Å². The quantitative estimate of drug-likeness (QED) is 0.454. The van der Waals surface area contributed by atoms with Crippen LogP contribution in [0.1, 0.15) is 62.1 Å². The minimum Gasteiger partial charge on any atom is -0.378 e. The zero-order valence-electron chi connectivity index (χ0n) is 16.5. The number of benzene rings is 1. The molecule has 2 aromatic rings. The topological polar surface area (TPSA) is 31.4 Å². The molecular formula is C24H31NO2. The summed E-state index contributed by atoms with van der Waals surface area (Å²) in [5.41, 5.74) is 6.96. The van der Waals surface area contributed by atoms with Gasteiger partial charge in [-0.2, -0.15) is 0 Å². The highest BCUT2D eigenvalue weighted by atomic mass is 16.6. The first-order valence-corrected chi connectivity index (χ1v) is 10.6. The van der Waals surface area contributed by atoms with Crippen LogP contribution >= 0.6 is 0 Å². The molecule has 1 unspecified atom stereocenters. The lowest BCUT2D eigenvalue weighted by Gasteiger charge is -2.40. The van der Waals surface area contributed by atoms with Crippen LogP contribution < -0.4 is 0 Å². The summed E-state index contributed by atoms with van der Waals surface area (Å²) in [5, 5.41) is 0. The lowest BCUT2D eigenvalue weighted by Crippen LogP contribution is -2.47. The van der Waals surface area contributed by atoms with Crippen LogP contribution in [0.2, 0.25) is 0 Å². The van der Waals surface area contributed by atoms with Crippen molar-refractivity contribution in [3.8, 4) is 11.3 Å². The number of hydrogen-bond donors (Lipinski definition) is 0. The van der Waals surface area contributed by atoms with E-state index in [1.165, 1.54) is 53.6 Å². The van der Waals surface area contributed by atoms with E-state index in [1.807, 2.05) is 12.3 Å². The van der Waals surface area contributed by atoms with Gasteiger partial charge in [-0.05, 0) is 48.4 Å². The van der Waals surface area contributed by atoms with Crippen LogP contribution in [-0.2, 0) is 22.3 Å². The van der Waals surface area contributed by atoms with E-state index in [4.69, 9.17) is 9.47 Å². The summed E-state index contributed by atoms with van der Waals surface area (Å²) in [5.74, 6) is 0. The molecule has 144 valence electrons. The predicted molar refractivity (Wildman–Crippen MR) is 109 cm³/mol. The minimum absolute atomic E-state index is 0.0418. The van der Waals surface area contributed by atoms with Gasteiger partial charge in [0.1, 0.15) is 0 Å². The van der Waals surface area contributed by atoms with Crippen LogP contribution in [0.3, 0.4) is 0 Å². The highest BCUT2D eigenvalue weighted by Gasteiger charge is 2.36. The Hall–Kier alpha value is -1.71. The van der Waals surface area contributed by atoms with E-state index >= 15 is 0 Å². The number of aromatic nitrogens is 1. The highest BCUT2D eigenvalue weighted by molar-refractivity contribution is 5.74. The first-order valence-electron chi connectivity index (χ1n) is 10.6. The summed E-state index contributed by atoms with van der Waals surface area (Å²) in [7, 11) is 0. The number of aryl methyl sites for hydroxylation is 1. The number of pyridine rings is 1. The summed E-state index contributed by atoms with van der Waals surface area (Å²) >= 11 is 0. The maximum Gasteiger partial charge on any atom is 0.0934 e. The summed E-state index contributed by atoms with van der Waals surface area (Å²) in [4.78, 5) is 4.59. The Morgan fingerprint density at radius 3 is 2.81 bits per heavy atom. The van der Waals surface area contributed by atoms with Crippen molar-refractivity contribution >= 4 is 0 Å². The van der Waals surface area contributed by atoms with Gasteiger partial charge in [0, 0.05) is 31.2 Å². The maximum absolute atomic E-state index is 5.86. The second-order valence-corrected chi connectivity index (χ2v) is 7.98. The first kappa shape index (κ1) is 18.6. The van der Waals surface area contributed by atoms with Gasteiger partial charge in [0.05, 0.1) is 24.5 Å². The van der Waals surface area contributed by atoms with Crippen LogP contribution in [0.4, 0.5) is 0 Å². The van der Waals surface area contributed by atoms with Gasteiger partial charge in [-0.1, -0.05) is 44.0 Å². The smallest absolute Gasteiger partial charge is 0.0934 e. The van der Waals surface area contributed by atoms with Gasteiger partial charge >= 0.3 is 0 Å². The molecule has 1 aliphatic carbocycles. The SMILES string of the molecule is CCC1(COCCCCCCc2cccc3c2Cc2cccnc2-3)CCO1. The highest BCUT2D eigenvalue weighted by Crippen LogP contribution is 2.37. The molecule has 0 spiro atoms. The monoisotopic (exact) mass is 365 g/mol. The average molecular weight is 366 g/mol. The predicted octanol–water partition coefficient (Wildman–Crippen LogP) is 5.34.